The maximum Gasteiger partial charge on any atom is 0.443 e. The van der Waals surface area contributed by atoms with Crippen LogP contribution in [-0.4, -0.2) is 41.0 Å². The lowest BCUT2D eigenvalue weighted by Gasteiger charge is -2.49. The minimum atomic E-state index is -4.42. The number of amides is 1. The van der Waals surface area contributed by atoms with Gasteiger partial charge in [0, 0.05) is 22.5 Å². The molecule has 2 atom stereocenters. The lowest BCUT2D eigenvalue weighted by atomic mass is 9.79. The zero-order chi connectivity index (χ0) is 19.9. The number of hydrogen-bond acceptors (Lipinski definition) is 5. The molecule has 150 valence electrons. The molecule has 4 nitrogen and oxygen atoms in total. The van der Waals surface area contributed by atoms with E-state index in [9.17, 15) is 18.0 Å². The maximum atomic E-state index is 12.6. The van der Waals surface area contributed by atoms with Crippen LogP contribution in [0.5, 0.6) is 0 Å². The molecule has 0 aliphatic carbocycles. The average molecular weight is 428 g/mol. The minimum absolute atomic E-state index is 0.0979. The fourth-order valence-corrected chi connectivity index (χ4v) is 5.83. The molecular formula is C19H20F3N3OS2. The number of piperidine rings is 3. The van der Waals surface area contributed by atoms with E-state index in [4.69, 9.17) is 0 Å². The summed E-state index contributed by atoms with van der Waals surface area (Å²) in [5.41, 5.74) is 0.563. The van der Waals surface area contributed by atoms with Crippen LogP contribution in [0.25, 0.3) is 0 Å². The van der Waals surface area contributed by atoms with Gasteiger partial charge >= 0.3 is 6.18 Å². The number of aromatic nitrogens is 1. The highest BCUT2D eigenvalue weighted by Crippen LogP contribution is 2.38. The van der Waals surface area contributed by atoms with Gasteiger partial charge in [-0.2, -0.15) is 13.2 Å². The van der Waals surface area contributed by atoms with Gasteiger partial charge in [0.2, 0.25) is 0 Å². The summed E-state index contributed by atoms with van der Waals surface area (Å²) in [7, 11) is 0. The SMILES string of the molecule is CC1C(NC(=O)c2ccc(Sc3cnc(C(F)(F)F)s3)cc2)C2CCN1CC2. The molecule has 2 bridgehead atoms. The van der Waals surface area contributed by atoms with Gasteiger partial charge in [0.25, 0.3) is 5.91 Å². The van der Waals surface area contributed by atoms with Crippen LogP contribution < -0.4 is 5.32 Å². The number of benzene rings is 1. The topological polar surface area (TPSA) is 45.2 Å². The van der Waals surface area contributed by atoms with Gasteiger partial charge < -0.3 is 5.32 Å². The summed E-state index contributed by atoms with van der Waals surface area (Å²) in [6, 6.07) is 7.46. The smallest absolute Gasteiger partial charge is 0.347 e. The molecule has 3 aliphatic rings. The summed E-state index contributed by atoms with van der Waals surface area (Å²) in [4.78, 5) is 19.3. The van der Waals surface area contributed by atoms with Crippen molar-refractivity contribution in [1.82, 2.24) is 15.2 Å². The molecule has 1 N–H and O–H groups in total. The summed E-state index contributed by atoms with van der Waals surface area (Å²) in [5, 5.41) is 2.34. The predicted molar refractivity (Wildman–Crippen MR) is 103 cm³/mol. The Morgan fingerprint density at radius 3 is 2.50 bits per heavy atom. The second-order valence-electron chi connectivity index (χ2n) is 7.22. The van der Waals surface area contributed by atoms with E-state index in [0.29, 0.717) is 33.1 Å². The zero-order valence-corrected chi connectivity index (χ0v) is 16.8. The monoisotopic (exact) mass is 427 g/mol. The first-order chi connectivity index (χ1) is 13.3. The normalized spacial score (nSPS) is 27.0. The summed E-state index contributed by atoms with van der Waals surface area (Å²) in [6.45, 7) is 4.38. The number of hydrogen-bond donors (Lipinski definition) is 1. The Balaban J connectivity index is 1.39. The van der Waals surface area contributed by atoms with Gasteiger partial charge in [-0.05, 0) is 63.0 Å². The van der Waals surface area contributed by atoms with Crippen molar-refractivity contribution in [1.29, 1.82) is 0 Å². The van der Waals surface area contributed by atoms with Crippen LogP contribution in [0.15, 0.2) is 39.6 Å². The Kier molecular flexibility index (Phi) is 5.41. The van der Waals surface area contributed by atoms with E-state index in [2.05, 4.69) is 22.1 Å². The van der Waals surface area contributed by atoms with Crippen molar-refractivity contribution in [3.63, 3.8) is 0 Å². The Morgan fingerprint density at radius 2 is 1.93 bits per heavy atom. The Bertz CT molecular complexity index is 843. The van der Waals surface area contributed by atoms with Crippen LogP contribution in [0, 0.1) is 5.92 Å². The van der Waals surface area contributed by atoms with Crippen molar-refractivity contribution in [2.45, 2.75) is 47.1 Å². The number of carbonyl (C=O) groups is 1. The molecule has 1 aromatic carbocycles. The molecule has 0 saturated carbocycles. The third-order valence-corrected chi connectivity index (χ3v) is 7.69. The van der Waals surface area contributed by atoms with Gasteiger partial charge in [-0.25, -0.2) is 4.98 Å². The maximum absolute atomic E-state index is 12.6. The summed E-state index contributed by atoms with van der Waals surface area (Å²) >= 11 is 1.83. The standard InChI is InChI=1S/C19H20F3N3OS2/c1-11-16(12-6-8-25(11)9-7-12)24-17(26)13-2-4-14(5-3-13)27-15-10-23-18(28-15)19(20,21)22/h2-5,10-12,16H,6-9H2,1H3,(H,24,26). The van der Waals surface area contributed by atoms with Gasteiger partial charge in [0.05, 0.1) is 10.4 Å². The zero-order valence-electron chi connectivity index (χ0n) is 15.2. The summed E-state index contributed by atoms with van der Waals surface area (Å²) in [5.74, 6) is 0.437. The van der Waals surface area contributed by atoms with E-state index in [-0.39, 0.29) is 11.9 Å². The highest BCUT2D eigenvalue weighted by Gasteiger charge is 2.40. The molecule has 0 spiro atoms. The van der Waals surface area contributed by atoms with Gasteiger partial charge in [0.1, 0.15) is 0 Å². The second-order valence-corrected chi connectivity index (χ2v) is 9.63. The first kappa shape index (κ1) is 19.7. The largest absolute Gasteiger partial charge is 0.443 e. The van der Waals surface area contributed by atoms with E-state index in [1.165, 1.54) is 18.0 Å². The van der Waals surface area contributed by atoms with Crippen LogP contribution in [-0.2, 0) is 6.18 Å². The lowest BCUT2D eigenvalue weighted by Crippen LogP contribution is -2.62. The molecule has 3 fully saturated rings. The van der Waals surface area contributed by atoms with Crippen LogP contribution in [0.4, 0.5) is 13.2 Å². The molecule has 28 heavy (non-hydrogen) atoms. The third-order valence-electron chi connectivity index (χ3n) is 5.54. The molecule has 1 aromatic heterocycles. The molecule has 4 heterocycles. The minimum Gasteiger partial charge on any atom is -0.347 e. The van der Waals surface area contributed by atoms with E-state index in [0.717, 1.165) is 30.8 Å². The van der Waals surface area contributed by atoms with Crippen molar-refractivity contribution in [3.8, 4) is 0 Å². The third kappa shape index (κ3) is 4.06. The number of halogens is 3. The van der Waals surface area contributed by atoms with E-state index in [1.54, 1.807) is 24.3 Å². The number of nitrogens with one attached hydrogen (secondary N) is 1. The highest BCUT2D eigenvalue weighted by atomic mass is 32.2. The van der Waals surface area contributed by atoms with Crippen molar-refractivity contribution in [2.75, 3.05) is 13.1 Å². The van der Waals surface area contributed by atoms with Crippen molar-refractivity contribution in [2.24, 2.45) is 5.92 Å². The van der Waals surface area contributed by atoms with Gasteiger partial charge in [0.15, 0.2) is 5.01 Å². The van der Waals surface area contributed by atoms with Crippen LogP contribution in [0.3, 0.4) is 0 Å². The summed E-state index contributed by atoms with van der Waals surface area (Å²) in [6.07, 6.45) is -0.940. The molecule has 3 saturated heterocycles. The van der Waals surface area contributed by atoms with Crippen molar-refractivity contribution in [3.05, 3.63) is 41.0 Å². The predicted octanol–water partition coefficient (Wildman–Crippen LogP) is 4.53. The molecular weight excluding hydrogens is 407 g/mol. The van der Waals surface area contributed by atoms with E-state index < -0.39 is 11.2 Å². The fraction of sp³-hybridized carbons (Fsp3) is 0.474. The first-order valence-corrected chi connectivity index (χ1v) is 10.8. The number of nitrogens with zero attached hydrogens (tertiary/aromatic N) is 2. The van der Waals surface area contributed by atoms with Gasteiger partial charge in [-0.15, -0.1) is 11.3 Å². The molecule has 2 aromatic rings. The fourth-order valence-electron chi connectivity index (χ4n) is 4.01. The van der Waals surface area contributed by atoms with Crippen LogP contribution in [0.1, 0.15) is 35.1 Å². The number of carbonyl (C=O) groups excluding carboxylic acids is 1. The van der Waals surface area contributed by atoms with E-state index in [1.807, 2.05) is 0 Å². The lowest BCUT2D eigenvalue weighted by molar-refractivity contribution is -0.137. The van der Waals surface area contributed by atoms with Crippen LogP contribution in [0.2, 0.25) is 0 Å². The van der Waals surface area contributed by atoms with Crippen molar-refractivity contribution >= 4 is 29.0 Å². The molecule has 1 amide bonds. The molecule has 0 radical (unpaired) electrons. The molecule has 9 heteroatoms. The molecule has 5 rings (SSSR count). The van der Waals surface area contributed by atoms with E-state index >= 15 is 0 Å². The van der Waals surface area contributed by atoms with Gasteiger partial charge in [-0.3, -0.25) is 9.69 Å². The average Bonchev–Trinajstić information content (AvgIpc) is 3.14. The Morgan fingerprint density at radius 1 is 1.25 bits per heavy atom. The van der Waals surface area contributed by atoms with Crippen LogP contribution >= 0.6 is 23.1 Å². The Labute approximate surface area is 169 Å². The number of thiazole rings is 1. The second kappa shape index (κ2) is 7.68. The molecule has 2 unspecified atom stereocenters. The number of alkyl halides is 3. The quantitative estimate of drug-likeness (QED) is 0.779. The Hall–Kier alpha value is -1.58. The number of rotatable bonds is 4. The molecule has 3 aliphatic heterocycles. The van der Waals surface area contributed by atoms with Crippen molar-refractivity contribution < 1.29 is 18.0 Å². The highest BCUT2D eigenvalue weighted by molar-refractivity contribution is 8.01. The first-order valence-electron chi connectivity index (χ1n) is 9.17. The summed E-state index contributed by atoms with van der Waals surface area (Å²) < 4.78 is 38.4. The number of fused-ring (bicyclic) bond motifs is 3. The van der Waals surface area contributed by atoms with Gasteiger partial charge in [-0.1, -0.05) is 11.8 Å².